The molecule has 8 heteroatoms. The molecule has 0 spiro atoms. The van der Waals surface area contributed by atoms with E-state index in [-0.39, 0.29) is 18.1 Å². The Labute approximate surface area is 151 Å². The van der Waals surface area contributed by atoms with Crippen LogP contribution in [-0.4, -0.2) is 29.1 Å². The molecule has 6 nitrogen and oxygen atoms in total. The summed E-state index contributed by atoms with van der Waals surface area (Å²) in [6, 6.07) is 11.5. The average molecular weight is 374 g/mol. The van der Waals surface area contributed by atoms with Crippen LogP contribution >= 0.6 is 0 Å². The number of benzene rings is 1. The summed E-state index contributed by atoms with van der Waals surface area (Å²) < 4.78 is 39.9. The van der Waals surface area contributed by atoms with Crippen molar-refractivity contribution in [2.75, 3.05) is 5.75 Å². The van der Waals surface area contributed by atoms with Crippen molar-refractivity contribution in [3.05, 3.63) is 60.3 Å². The maximum Gasteiger partial charge on any atom is 0.211 e. The Hall–Kier alpha value is -2.58. The molecule has 0 aliphatic heterocycles. The molecule has 0 saturated heterocycles. The first-order valence-electron chi connectivity index (χ1n) is 8.22. The molecule has 0 aliphatic rings. The molecule has 0 radical (unpaired) electrons. The summed E-state index contributed by atoms with van der Waals surface area (Å²) in [5, 5.41) is 0. The van der Waals surface area contributed by atoms with Gasteiger partial charge in [0.1, 0.15) is 11.6 Å². The van der Waals surface area contributed by atoms with Crippen molar-refractivity contribution in [1.82, 2.24) is 19.7 Å². The van der Waals surface area contributed by atoms with Crippen LogP contribution in [0.1, 0.15) is 19.2 Å². The zero-order valence-electron chi connectivity index (χ0n) is 14.2. The second-order valence-electron chi connectivity index (χ2n) is 5.77. The smallest absolute Gasteiger partial charge is 0.211 e. The minimum Gasteiger partial charge on any atom is -0.339 e. The molecule has 0 fully saturated rings. The summed E-state index contributed by atoms with van der Waals surface area (Å²) in [5.41, 5.74) is 2.36. The van der Waals surface area contributed by atoms with Crippen LogP contribution in [-0.2, 0) is 16.6 Å². The van der Waals surface area contributed by atoms with Crippen LogP contribution in [0.2, 0.25) is 0 Å². The zero-order valence-corrected chi connectivity index (χ0v) is 15.1. The van der Waals surface area contributed by atoms with E-state index >= 15 is 0 Å². The number of sulfonamides is 1. The SMILES string of the molecule is CCCS(=O)(=O)NCc1nc(-c2cccc(F)c2)c(-c2ccccn2)[nH]1. The van der Waals surface area contributed by atoms with E-state index in [1.54, 1.807) is 37.4 Å². The van der Waals surface area contributed by atoms with Crippen LogP contribution in [0.5, 0.6) is 0 Å². The van der Waals surface area contributed by atoms with Gasteiger partial charge in [-0.1, -0.05) is 25.1 Å². The predicted molar refractivity (Wildman–Crippen MR) is 98.1 cm³/mol. The Bertz CT molecular complexity index is 987. The average Bonchev–Trinajstić information content (AvgIpc) is 3.05. The maximum atomic E-state index is 13.6. The van der Waals surface area contributed by atoms with Crippen molar-refractivity contribution >= 4 is 10.0 Å². The van der Waals surface area contributed by atoms with E-state index < -0.39 is 10.0 Å². The summed E-state index contributed by atoms with van der Waals surface area (Å²) in [6.07, 6.45) is 2.18. The molecule has 2 heterocycles. The molecule has 0 unspecified atom stereocenters. The fourth-order valence-electron chi connectivity index (χ4n) is 2.57. The van der Waals surface area contributed by atoms with E-state index in [0.717, 1.165) is 0 Å². The normalized spacial score (nSPS) is 11.6. The van der Waals surface area contributed by atoms with Gasteiger partial charge >= 0.3 is 0 Å². The van der Waals surface area contributed by atoms with Gasteiger partial charge in [-0.25, -0.2) is 22.5 Å². The number of imidazole rings is 1. The highest BCUT2D eigenvalue weighted by molar-refractivity contribution is 7.89. The Kier molecular flexibility index (Phi) is 5.43. The molecule has 0 aliphatic carbocycles. The van der Waals surface area contributed by atoms with Gasteiger partial charge < -0.3 is 4.98 Å². The third kappa shape index (κ3) is 4.33. The van der Waals surface area contributed by atoms with Crippen molar-refractivity contribution in [2.24, 2.45) is 0 Å². The standard InChI is InChI=1S/C18H19FN4O2S/c1-2-10-26(24,25)21-12-16-22-17(13-6-5-7-14(19)11-13)18(23-16)15-8-3-4-9-20-15/h3-9,11,21H,2,10,12H2,1H3,(H,22,23). The molecule has 1 aromatic carbocycles. The lowest BCUT2D eigenvalue weighted by Crippen LogP contribution is -2.26. The molecule has 3 aromatic rings. The van der Waals surface area contributed by atoms with Crippen molar-refractivity contribution in [3.63, 3.8) is 0 Å². The van der Waals surface area contributed by atoms with E-state index in [2.05, 4.69) is 19.7 Å². The molecule has 0 saturated carbocycles. The largest absolute Gasteiger partial charge is 0.339 e. The third-order valence-corrected chi connectivity index (χ3v) is 5.23. The van der Waals surface area contributed by atoms with Gasteiger partial charge in [0.15, 0.2) is 0 Å². The van der Waals surface area contributed by atoms with Crippen molar-refractivity contribution in [1.29, 1.82) is 0 Å². The van der Waals surface area contributed by atoms with Gasteiger partial charge in [-0.3, -0.25) is 4.98 Å². The van der Waals surface area contributed by atoms with Crippen LogP contribution < -0.4 is 4.72 Å². The van der Waals surface area contributed by atoms with Gasteiger partial charge in [0.25, 0.3) is 0 Å². The number of H-pyrrole nitrogens is 1. The lowest BCUT2D eigenvalue weighted by Gasteiger charge is -2.02. The number of aromatic nitrogens is 3. The van der Waals surface area contributed by atoms with E-state index in [1.165, 1.54) is 12.1 Å². The maximum absolute atomic E-state index is 13.6. The molecule has 0 amide bonds. The fourth-order valence-corrected chi connectivity index (χ4v) is 3.60. The minimum atomic E-state index is -3.36. The zero-order chi connectivity index (χ0) is 18.6. The summed E-state index contributed by atoms with van der Waals surface area (Å²) in [4.78, 5) is 11.9. The van der Waals surface area contributed by atoms with E-state index in [0.29, 0.717) is 34.9 Å². The van der Waals surface area contributed by atoms with Gasteiger partial charge in [0, 0.05) is 11.8 Å². The minimum absolute atomic E-state index is 0.0253. The first-order valence-corrected chi connectivity index (χ1v) is 9.87. The number of pyridine rings is 1. The Morgan fingerprint density at radius 3 is 2.73 bits per heavy atom. The highest BCUT2D eigenvalue weighted by Crippen LogP contribution is 2.29. The lowest BCUT2D eigenvalue weighted by atomic mass is 10.1. The molecular weight excluding hydrogens is 355 g/mol. The fraction of sp³-hybridized carbons (Fsp3) is 0.222. The summed E-state index contributed by atoms with van der Waals surface area (Å²) in [6.45, 7) is 1.82. The molecule has 2 N–H and O–H groups in total. The van der Waals surface area contributed by atoms with E-state index in [1.807, 2.05) is 6.07 Å². The molecular formula is C18H19FN4O2S. The van der Waals surface area contributed by atoms with Gasteiger partial charge in [-0.15, -0.1) is 0 Å². The summed E-state index contributed by atoms with van der Waals surface area (Å²) in [5.74, 6) is 0.115. The summed E-state index contributed by atoms with van der Waals surface area (Å²) in [7, 11) is -3.36. The number of halogens is 1. The molecule has 136 valence electrons. The highest BCUT2D eigenvalue weighted by Gasteiger charge is 2.17. The van der Waals surface area contributed by atoms with Gasteiger partial charge in [0.2, 0.25) is 10.0 Å². The third-order valence-electron chi connectivity index (χ3n) is 3.70. The quantitative estimate of drug-likeness (QED) is 0.665. The number of nitrogens with zero attached hydrogens (tertiary/aromatic N) is 2. The number of hydrogen-bond donors (Lipinski definition) is 2. The Balaban J connectivity index is 1.98. The Morgan fingerprint density at radius 2 is 2.04 bits per heavy atom. The van der Waals surface area contributed by atoms with E-state index in [9.17, 15) is 12.8 Å². The van der Waals surface area contributed by atoms with Crippen LogP contribution in [0.4, 0.5) is 4.39 Å². The van der Waals surface area contributed by atoms with Crippen molar-refractivity contribution in [3.8, 4) is 22.6 Å². The van der Waals surface area contributed by atoms with Crippen LogP contribution in [0.15, 0.2) is 48.7 Å². The van der Waals surface area contributed by atoms with Crippen LogP contribution in [0.25, 0.3) is 22.6 Å². The molecule has 0 atom stereocenters. The van der Waals surface area contributed by atoms with E-state index in [4.69, 9.17) is 0 Å². The van der Waals surface area contributed by atoms with Crippen molar-refractivity contribution in [2.45, 2.75) is 19.9 Å². The van der Waals surface area contributed by atoms with Gasteiger partial charge in [0.05, 0.1) is 29.4 Å². The van der Waals surface area contributed by atoms with Crippen LogP contribution in [0.3, 0.4) is 0 Å². The number of nitrogens with one attached hydrogen (secondary N) is 2. The first kappa shape index (κ1) is 18.2. The number of hydrogen-bond acceptors (Lipinski definition) is 4. The molecule has 26 heavy (non-hydrogen) atoms. The van der Waals surface area contributed by atoms with Crippen LogP contribution in [0, 0.1) is 5.82 Å². The summed E-state index contributed by atoms with van der Waals surface area (Å²) >= 11 is 0. The number of rotatable bonds is 7. The van der Waals surface area contributed by atoms with Gasteiger partial charge in [-0.05, 0) is 30.7 Å². The first-order chi connectivity index (χ1) is 12.5. The molecule has 2 aromatic heterocycles. The molecule has 0 bridgehead atoms. The number of aromatic amines is 1. The lowest BCUT2D eigenvalue weighted by molar-refractivity contribution is 0.578. The predicted octanol–water partition coefficient (Wildman–Crippen LogP) is 3.11. The second-order valence-corrected chi connectivity index (χ2v) is 7.70. The highest BCUT2D eigenvalue weighted by atomic mass is 32.2. The molecule has 3 rings (SSSR count). The van der Waals surface area contributed by atoms with Crippen molar-refractivity contribution < 1.29 is 12.8 Å². The monoisotopic (exact) mass is 374 g/mol. The second kappa shape index (κ2) is 7.76. The van der Waals surface area contributed by atoms with Gasteiger partial charge in [-0.2, -0.15) is 0 Å². The Morgan fingerprint density at radius 1 is 1.19 bits per heavy atom. The topological polar surface area (TPSA) is 87.7 Å².